The van der Waals surface area contributed by atoms with Gasteiger partial charge >= 0.3 is 0 Å². The standard InChI is InChI=1S/C54H35N3/c1-55-46-30-32-50-48(35-46)47-34-42(29-31-49(47)54(50,44-21-10-4-11-22-44)45-23-12-5-13-24-45)41-19-14-20-43(33-41)52-36-51(56-53(57-52)40-17-8-3-9-18-40)39-27-25-38(26-28-39)37-15-6-2-7-16-37/h2-36H. The number of nitrogens with zero attached hydrogens (tertiary/aromatic N) is 3. The molecule has 57 heavy (non-hydrogen) atoms. The molecule has 0 saturated heterocycles. The van der Waals surface area contributed by atoms with Crippen molar-refractivity contribution in [2.24, 2.45) is 0 Å². The van der Waals surface area contributed by atoms with Crippen molar-refractivity contribution in [1.29, 1.82) is 0 Å². The van der Waals surface area contributed by atoms with Crippen LogP contribution in [0.3, 0.4) is 0 Å². The first kappa shape index (κ1) is 33.9. The van der Waals surface area contributed by atoms with E-state index in [9.17, 15) is 0 Å². The Balaban J connectivity index is 1.10. The highest BCUT2D eigenvalue weighted by Crippen LogP contribution is 2.57. The topological polar surface area (TPSA) is 30.1 Å². The lowest BCUT2D eigenvalue weighted by Crippen LogP contribution is -2.28. The number of benzene rings is 8. The third-order valence-electron chi connectivity index (χ3n) is 11.2. The molecule has 0 amide bonds. The summed E-state index contributed by atoms with van der Waals surface area (Å²) in [4.78, 5) is 14.1. The van der Waals surface area contributed by atoms with Crippen LogP contribution in [0.1, 0.15) is 22.3 Å². The highest BCUT2D eigenvalue weighted by molar-refractivity contribution is 5.91. The zero-order valence-corrected chi connectivity index (χ0v) is 31.0. The fourth-order valence-corrected chi connectivity index (χ4v) is 8.52. The molecule has 1 aliphatic rings. The summed E-state index contributed by atoms with van der Waals surface area (Å²) in [6, 6.07) is 74.5. The number of aromatic nitrogens is 2. The second-order valence-corrected chi connectivity index (χ2v) is 14.4. The molecule has 0 spiro atoms. The Kier molecular flexibility index (Phi) is 8.43. The van der Waals surface area contributed by atoms with Gasteiger partial charge < -0.3 is 0 Å². The number of fused-ring (bicyclic) bond motifs is 3. The first-order valence-corrected chi connectivity index (χ1v) is 19.2. The summed E-state index contributed by atoms with van der Waals surface area (Å²) in [5, 5.41) is 0. The zero-order chi connectivity index (χ0) is 38.2. The van der Waals surface area contributed by atoms with E-state index in [2.05, 4.69) is 187 Å². The van der Waals surface area contributed by atoms with E-state index in [1.807, 2.05) is 30.3 Å². The van der Waals surface area contributed by atoms with Gasteiger partial charge in [-0.1, -0.05) is 188 Å². The summed E-state index contributed by atoms with van der Waals surface area (Å²) in [6.45, 7) is 7.90. The molecule has 0 unspecified atom stereocenters. The fraction of sp³-hybridized carbons (Fsp3) is 0.0185. The van der Waals surface area contributed by atoms with Crippen molar-refractivity contribution in [3.8, 4) is 67.3 Å². The minimum absolute atomic E-state index is 0.529. The van der Waals surface area contributed by atoms with E-state index in [0.717, 1.165) is 55.9 Å². The fourth-order valence-electron chi connectivity index (χ4n) is 8.52. The van der Waals surface area contributed by atoms with Crippen molar-refractivity contribution in [2.75, 3.05) is 0 Å². The summed E-state index contributed by atoms with van der Waals surface area (Å²) in [6.07, 6.45) is 0. The molecule has 1 aromatic heterocycles. The first-order chi connectivity index (χ1) is 28.2. The summed E-state index contributed by atoms with van der Waals surface area (Å²) >= 11 is 0. The third kappa shape index (κ3) is 5.92. The van der Waals surface area contributed by atoms with E-state index < -0.39 is 5.41 Å². The second kappa shape index (κ2) is 14.2. The molecule has 3 nitrogen and oxygen atoms in total. The lowest BCUT2D eigenvalue weighted by molar-refractivity contribution is 0.768. The van der Waals surface area contributed by atoms with Crippen LogP contribution in [0.4, 0.5) is 5.69 Å². The molecule has 0 aliphatic heterocycles. The van der Waals surface area contributed by atoms with Gasteiger partial charge in [0.25, 0.3) is 0 Å². The van der Waals surface area contributed by atoms with Gasteiger partial charge in [0.05, 0.1) is 23.4 Å². The van der Waals surface area contributed by atoms with Gasteiger partial charge in [0.1, 0.15) is 0 Å². The van der Waals surface area contributed by atoms with Gasteiger partial charge in [0, 0.05) is 16.7 Å². The minimum Gasteiger partial charge on any atom is -0.238 e. The van der Waals surface area contributed by atoms with Crippen LogP contribution < -0.4 is 0 Å². The SMILES string of the molecule is [C-]#[N+]c1ccc2c(c1)-c1cc(-c3cccc(-c4cc(-c5ccc(-c6ccccc6)cc5)nc(-c5ccccc5)n4)c3)ccc1C2(c1ccccc1)c1ccccc1. The van der Waals surface area contributed by atoms with Crippen molar-refractivity contribution < 1.29 is 0 Å². The van der Waals surface area contributed by atoms with Crippen molar-refractivity contribution in [2.45, 2.75) is 5.41 Å². The van der Waals surface area contributed by atoms with E-state index in [4.69, 9.17) is 16.5 Å². The van der Waals surface area contributed by atoms with Crippen LogP contribution in [0.25, 0.3) is 72.1 Å². The minimum atomic E-state index is -0.529. The molecule has 0 N–H and O–H groups in total. The van der Waals surface area contributed by atoms with Crippen LogP contribution in [-0.4, -0.2) is 9.97 Å². The Bertz CT molecular complexity index is 2890. The van der Waals surface area contributed by atoms with Crippen LogP contribution in [0.5, 0.6) is 0 Å². The molecule has 10 rings (SSSR count). The summed E-state index contributed by atoms with van der Waals surface area (Å²) in [7, 11) is 0. The Hall–Kier alpha value is -7.67. The quantitative estimate of drug-likeness (QED) is 0.153. The van der Waals surface area contributed by atoms with E-state index in [1.165, 1.54) is 27.8 Å². The summed E-state index contributed by atoms with van der Waals surface area (Å²) < 4.78 is 0. The first-order valence-electron chi connectivity index (χ1n) is 19.2. The monoisotopic (exact) mass is 725 g/mol. The lowest BCUT2D eigenvalue weighted by Gasteiger charge is -2.34. The Morgan fingerprint density at radius 3 is 1.44 bits per heavy atom. The molecule has 0 bridgehead atoms. The highest BCUT2D eigenvalue weighted by Gasteiger charge is 2.46. The van der Waals surface area contributed by atoms with Crippen molar-refractivity contribution in [3.63, 3.8) is 0 Å². The van der Waals surface area contributed by atoms with Crippen molar-refractivity contribution in [1.82, 2.24) is 9.97 Å². The molecule has 0 fully saturated rings. The maximum absolute atomic E-state index is 7.90. The van der Waals surface area contributed by atoms with Crippen LogP contribution in [0.15, 0.2) is 212 Å². The van der Waals surface area contributed by atoms with Gasteiger partial charge in [-0.25, -0.2) is 14.8 Å². The van der Waals surface area contributed by atoms with Gasteiger partial charge in [-0.05, 0) is 79.9 Å². The largest absolute Gasteiger partial charge is 0.238 e. The predicted molar refractivity (Wildman–Crippen MR) is 233 cm³/mol. The van der Waals surface area contributed by atoms with Crippen molar-refractivity contribution in [3.05, 3.63) is 246 Å². The molecular weight excluding hydrogens is 691 g/mol. The molecule has 0 atom stereocenters. The average molecular weight is 726 g/mol. The number of hydrogen-bond acceptors (Lipinski definition) is 2. The second-order valence-electron chi connectivity index (χ2n) is 14.4. The Morgan fingerprint density at radius 2 is 0.807 bits per heavy atom. The van der Waals surface area contributed by atoms with Gasteiger partial charge in [0.15, 0.2) is 11.5 Å². The molecule has 8 aromatic carbocycles. The number of hydrogen-bond donors (Lipinski definition) is 0. The van der Waals surface area contributed by atoms with E-state index in [0.29, 0.717) is 11.5 Å². The Labute approximate surface area is 333 Å². The Morgan fingerprint density at radius 1 is 0.351 bits per heavy atom. The van der Waals surface area contributed by atoms with Crippen LogP contribution in [0.2, 0.25) is 0 Å². The van der Waals surface area contributed by atoms with Gasteiger partial charge in [-0.3, -0.25) is 0 Å². The molecule has 1 heterocycles. The molecule has 0 radical (unpaired) electrons. The van der Waals surface area contributed by atoms with Gasteiger partial charge in [0.2, 0.25) is 0 Å². The highest BCUT2D eigenvalue weighted by atomic mass is 14.9. The van der Waals surface area contributed by atoms with Crippen LogP contribution in [0, 0.1) is 6.57 Å². The van der Waals surface area contributed by atoms with Crippen LogP contribution in [-0.2, 0) is 5.41 Å². The predicted octanol–water partition coefficient (Wildman–Crippen LogP) is 13.7. The molecular formula is C54H35N3. The summed E-state index contributed by atoms with van der Waals surface area (Å²) in [5.74, 6) is 0.684. The van der Waals surface area contributed by atoms with E-state index in [-0.39, 0.29) is 0 Å². The van der Waals surface area contributed by atoms with Crippen molar-refractivity contribution >= 4 is 5.69 Å². The van der Waals surface area contributed by atoms with Gasteiger partial charge in [-0.2, -0.15) is 0 Å². The van der Waals surface area contributed by atoms with Crippen LogP contribution >= 0.6 is 0 Å². The lowest BCUT2D eigenvalue weighted by atomic mass is 9.67. The maximum atomic E-state index is 7.90. The zero-order valence-electron chi connectivity index (χ0n) is 31.0. The van der Waals surface area contributed by atoms with E-state index >= 15 is 0 Å². The van der Waals surface area contributed by atoms with E-state index in [1.54, 1.807) is 0 Å². The number of rotatable bonds is 7. The molecule has 266 valence electrons. The summed E-state index contributed by atoms with van der Waals surface area (Å²) in [5.41, 5.74) is 16.4. The molecule has 9 aromatic rings. The average Bonchev–Trinajstić information content (AvgIpc) is 3.60. The maximum Gasteiger partial charge on any atom is 0.187 e. The third-order valence-corrected chi connectivity index (χ3v) is 11.2. The molecule has 1 aliphatic carbocycles. The molecule has 0 saturated carbocycles. The molecule has 3 heteroatoms. The smallest absolute Gasteiger partial charge is 0.187 e. The normalized spacial score (nSPS) is 12.3. The van der Waals surface area contributed by atoms with Gasteiger partial charge in [-0.15, -0.1) is 0 Å².